The second kappa shape index (κ2) is 6.67. The summed E-state index contributed by atoms with van der Waals surface area (Å²) in [5.41, 5.74) is 0.953. The highest BCUT2D eigenvalue weighted by Gasteiger charge is 2.40. The van der Waals surface area contributed by atoms with Crippen LogP contribution >= 0.6 is 15.9 Å². The van der Waals surface area contributed by atoms with Crippen LogP contribution in [-0.4, -0.2) is 23.4 Å². The van der Waals surface area contributed by atoms with Gasteiger partial charge in [0.1, 0.15) is 12.4 Å². The van der Waals surface area contributed by atoms with E-state index in [2.05, 4.69) is 15.9 Å². The van der Waals surface area contributed by atoms with Gasteiger partial charge in [-0.1, -0.05) is 31.4 Å². The van der Waals surface area contributed by atoms with Crippen molar-refractivity contribution in [3.63, 3.8) is 0 Å². The van der Waals surface area contributed by atoms with Crippen molar-refractivity contribution in [2.45, 2.75) is 63.3 Å². The Morgan fingerprint density at radius 2 is 2.05 bits per heavy atom. The average Bonchev–Trinajstić information content (AvgIpc) is 2.89. The van der Waals surface area contributed by atoms with E-state index in [9.17, 15) is 5.11 Å². The lowest BCUT2D eigenvalue weighted by Crippen LogP contribution is -2.33. The molecular formula is C17H23BrO3. The lowest BCUT2D eigenvalue weighted by Gasteiger charge is -2.33. The molecule has 1 aliphatic heterocycles. The molecule has 2 aliphatic rings. The minimum atomic E-state index is -0.00969. The van der Waals surface area contributed by atoms with Crippen LogP contribution in [0, 0.1) is 0 Å². The van der Waals surface area contributed by atoms with Crippen molar-refractivity contribution >= 4 is 15.9 Å². The highest BCUT2D eigenvalue weighted by molar-refractivity contribution is 9.10. The first-order valence-electron chi connectivity index (χ1n) is 7.91. The van der Waals surface area contributed by atoms with E-state index in [1.807, 2.05) is 18.2 Å². The topological polar surface area (TPSA) is 38.7 Å². The molecule has 1 N–H and O–H groups in total. The van der Waals surface area contributed by atoms with Crippen LogP contribution in [0.15, 0.2) is 22.7 Å². The van der Waals surface area contributed by atoms with Gasteiger partial charge in [-0.15, -0.1) is 0 Å². The first-order valence-corrected chi connectivity index (χ1v) is 8.71. The van der Waals surface area contributed by atoms with Gasteiger partial charge in [-0.05, 0) is 47.7 Å². The van der Waals surface area contributed by atoms with Gasteiger partial charge < -0.3 is 14.6 Å². The minimum absolute atomic E-state index is 0.00969. The van der Waals surface area contributed by atoms with E-state index < -0.39 is 0 Å². The quantitative estimate of drug-likeness (QED) is 0.880. The highest BCUT2D eigenvalue weighted by Crippen LogP contribution is 2.42. The Kier molecular flexibility index (Phi) is 4.87. The van der Waals surface area contributed by atoms with Crippen molar-refractivity contribution in [1.82, 2.24) is 0 Å². The number of hydrogen-bond donors (Lipinski definition) is 1. The maximum Gasteiger partial charge on any atom is 0.139 e. The van der Waals surface area contributed by atoms with Crippen LogP contribution < -0.4 is 4.74 Å². The second-order valence-corrected chi connectivity index (χ2v) is 7.07. The van der Waals surface area contributed by atoms with Crippen LogP contribution in [0.2, 0.25) is 0 Å². The van der Waals surface area contributed by atoms with Crippen molar-refractivity contribution in [1.29, 1.82) is 0 Å². The van der Waals surface area contributed by atoms with E-state index in [-0.39, 0.29) is 18.3 Å². The van der Waals surface area contributed by atoms with E-state index in [1.165, 1.54) is 38.5 Å². The third-order valence-corrected chi connectivity index (χ3v) is 5.36. The summed E-state index contributed by atoms with van der Waals surface area (Å²) in [6, 6.07) is 5.73. The monoisotopic (exact) mass is 354 g/mol. The van der Waals surface area contributed by atoms with Crippen molar-refractivity contribution in [2.24, 2.45) is 0 Å². The van der Waals surface area contributed by atoms with Crippen LogP contribution in [0.3, 0.4) is 0 Å². The fraction of sp³-hybridized carbons (Fsp3) is 0.647. The Hall–Kier alpha value is -0.580. The van der Waals surface area contributed by atoms with Crippen LogP contribution in [-0.2, 0) is 11.3 Å². The molecule has 0 aromatic heterocycles. The van der Waals surface area contributed by atoms with Crippen molar-refractivity contribution in [2.75, 3.05) is 6.61 Å². The smallest absolute Gasteiger partial charge is 0.139 e. The van der Waals surface area contributed by atoms with Crippen LogP contribution in [0.4, 0.5) is 0 Å². The molecule has 1 aromatic rings. The van der Waals surface area contributed by atoms with Gasteiger partial charge in [0, 0.05) is 5.56 Å². The zero-order chi connectivity index (χ0) is 14.7. The summed E-state index contributed by atoms with van der Waals surface area (Å²) >= 11 is 3.49. The molecule has 1 saturated heterocycles. The van der Waals surface area contributed by atoms with Gasteiger partial charge in [-0.3, -0.25) is 0 Å². The SMILES string of the molecule is OCc1cccc(Br)c1OCC1CCC2(CCCCC2)O1. The first kappa shape index (κ1) is 15.3. The van der Waals surface area contributed by atoms with E-state index in [0.717, 1.165) is 22.2 Å². The Balaban J connectivity index is 1.59. The maximum atomic E-state index is 9.40. The summed E-state index contributed by atoms with van der Waals surface area (Å²) in [6.07, 6.45) is 8.80. The zero-order valence-electron chi connectivity index (χ0n) is 12.3. The van der Waals surface area contributed by atoms with Crippen LogP contribution in [0.1, 0.15) is 50.5 Å². The molecule has 2 fully saturated rings. The van der Waals surface area contributed by atoms with E-state index in [0.29, 0.717) is 6.61 Å². The Bertz CT molecular complexity index is 483. The molecule has 0 radical (unpaired) electrons. The fourth-order valence-corrected chi connectivity index (χ4v) is 4.11. The number of rotatable bonds is 4. The predicted molar refractivity (Wildman–Crippen MR) is 85.5 cm³/mol. The molecule has 21 heavy (non-hydrogen) atoms. The van der Waals surface area contributed by atoms with Gasteiger partial charge in [0.05, 0.1) is 22.8 Å². The van der Waals surface area contributed by atoms with Crippen molar-refractivity contribution in [3.8, 4) is 5.75 Å². The normalized spacial score (nSPS) is 24.4. The number of hydrogen-bond acceptors (Lipinski definition) is 3. The molecule has 0 bridgehead atoms. The average molecular weight is 355 g/mol. The lowest BCUT2D eigenvalue weighted by atomic mass is 9.83. The van der Waals surface area contributed by atoms with E-state index in [4.69, 9.17) is 9.47 Å². The van der Waals surface area contributed by atoms with Crippen LogP contribution in [0.5, 0.6) is 5.75 Å². The molecule has 116 valence electrons. The molecule has 4 heteroatoms. The third kappa shape index (κ3) is 3.43. The minimum Gasteiger partial charge on any atom is -0.489 e. The predicted octanol–water partition coefficient (Wildman–Crippen LogP) is 4.20. The Labute approximate surface area is 134 Å². The number of aliphatic hydroxyl groups is 1. The summed E-state index contributed by atoms with van der Waals surface area (Å²) in [5, 5.41) is 9.40. The molecule has 1 aromatic carbocycles. The number of ether oxygens (including phenoxy) is 2. The number of benzene rings is 1. The standard InChI is InChI=1S/C17H23BrO3/c18-15-6-4-5-13(11-19)16(15)20-12-14-7-10-17(21-14)8-2-1-3-9-17/h4-6,14,19H,1-3,7-12H2. The van der Waals surface area contributed by atoms with E-state index in [1.54, 1.807) is 0 Å². The van der Waals surface area contributed by atoms with Crippen molar-refractivity contribution in [3.05, 3.63) is 28.2 Å². The van der Waals surface area contributed by atoms with Gasteiger partial charge in [0.25, 0.3) is 0 Å². The summed E-state index contributed by atoms with van der Waals surface area (Å²) < 4.78 is 13.2. The van der Waals surface area contributed by atoms with Crippen LogP contribution in [0.25, 0.3) is 0 Å². The number of halogens is 1. The third-order valence-electron chi connectivity index (χ3n) is 4.74. The second-order valence-electron chi connectivity index (χ2n) is 6.22. The van der Waals surface area contributed by atoms with Gasteiger partial charge in [-0.25, -0.2) is 0 Å². The van der Waals surface area contributed by atoms with E-state index >= 15 is 0 Å². The summed E-state index contributed by atoms with van der Waals surface area (Å²) in [4.78, 5) is 0. The van der Waals surface area contributed by atoms with Gasteiger partial charge >= 0.3 is 0 Å². The molecule has 1 atom stereocenters. The molecule has 0 amide bonds. The van der Waals surface area contributed by atoms with Gasteiger partial charge in [-0.2, -0.15) is 0 Å². The molecule has 1 spiro atoms. The summed E-state index contributed by atoms with van der Waals surface area (Å²) in [6.45, 7) is 0.557. The zero-order valence-corrected chi connectivity index (χ0v) is 13.9. The summed E-state index contributed by atoms with van der Waals surface area (Å²) in [5.74, 6) is 0.744. The number of aliphatic hydroxyl groups excluding tert-OH is 1. The molecule has 1 heterocycles. The Morgan fingerprint density at radius 1 is 1.24 bits per heavy atom. The molecule has 3 rings (SSSR count). The molecular weight excluding hydrogens is 332 g/mol. The summed E-state index contributed by atoms with van der Waals surface area (Å²) in [7, 11) is 0. The molecule has 3 nitrogen and oxygen atoms in total. The lowest BCUT2D eigenvalue weighted by molar-refractivity contribution is -0.0750. The maximum absolute atomic E-state index is 9.40. The van der Waals surface area contributed by atoms with Gasteiger partial charge in [0.15, 0.2) is 0 Å². The molecule has 1 saturated carbocycles. The highest BCUT2D eigenvalue weighted by atomic mass is 79.9. The van der Waals surface area contributed by atoms with Gasteiger partial charge in [0.2, 0.25) is 0 Å². The first-order chi connectivity index (χ1) is 10.2. The molecule has 1 unspecified atom stereocenters. The van der Waals surface area contributed by atoms with Crippen molar-refractivity contribution < 1.29 is 14.6 Å². The Morgan fingerprint density at radius 3 is 2.81 bits per heavy atom. The largest absolute Gasteiger partial charge is 0.489 e. The molecule has 1 aliphatic carbocycles. The number of para-hydroxylation sites is 1. The fourth-order valence-electron chi connectivity index (χ4n) is 3.59.